The number of hydrazine groups is 1. The van der Waals surface area contributed by atoms with Crippen LogP contribution in [-0.2, 0) is 0 Å². The van der Waals surface area contributed by atoms with Crippen molar-refractivity contribution in [3.63, 3.8) is 0 Å². The van der Waals surface area contributed by atoms with Gasteiger partial charge in [0.1, 0.15) is 18.0 Å². The van der Waals surface area contributed by atoms with Gasteiger partial charge in [-0.3, -0.25) is 0 Å². The molecule has 0 aliphatic heterocycles. The van der Waals surface area contributed by atoms with Crippen LogP contribution in [0.15, 0.2) is 12.4 Å². The van der Waals surface area contributed by atoms with E-state index >= 15 is 0 Å². The van der Waals surface area contributed by atoms with Gasteiger partial charge in [0, 0.05) is 12.1 Å². The van der Waals surface area contributed by atoms with Gasteiger partial charge in [0.05, 0.1) is 0 Å². The number of anilines is 2. The summed E-state index contributed by atoms with van der Waals surface area (Å²) in [5.74, 6) is 7.63. The number of hydrogen-bond acceptors (Lipinski definition) is 5. The topological polar surface area (TPSA) is 75.9 Å². The van der Waals surface area contributed by atoms with Crippen molar-refractivity contribution in [2.24, 2.45) is 11.8 Å². The van der Waals surface area contributed by atoms with Gasteiger partial charge in [0.25, 0.3) is 0 Å². The first-order valence-corrected chi connectivity index (χ1v) is 6.88. The third-order valence-corrected chi connectivity index (χ3v) is 3.81. The van der Waals surface area contributed by atoms with Crippen LogP contribution in [0.1, 0.15) is 45.4 Å². The summed E-state index contributed by atoms with van der Waals surface area (Å²) in [4.78, 5) is 8.27. The Balaban J connectivity index is 1.99. The molecule has 5 heteroatoms. The lowest BCUT2D eigenvalue weighted by Crippen LogP contribution is -2.30. The second-order valence-corrected chi connectivity index (χ2v) is 4.99. The van der Waals surface area contributed by atoms with Crippen molar-refractivity contribution in [3.8, 4) is 0 Å². The van der Waals surface area contributed by atoms with E-state index in [1.54, 1.807) is 0 Å². The lowest BCUT2D eigenvalue weighted by atomic mass is 9.83. The smallest absolute Gasteiger partial charge is 0.145 e. The molecule has 0 aromatic carbocycles. The fourth-order valence-electron chi connectivity index (χ4n) is 2.79. The molecule has 2 rings (SSSR count). The molecule has 18 heavy (non-hydrogen) atoms. The predicted molar refractivity (Wildman–Crippen MR) is 74.1 cm³/mol. The molecule has 1 fully saturated rings. The van der Waals surface area contributed by atoms with Crippen molar-refractivity contribution in [3.05, 3.63) is 12.4 Å². The number of nitrogens with one attached hydrogen (secondary N) is 2. The molecular formula is C13H23N5. The lowest BCUT2D eigenvalue weighted by Gasteiger charge is -2.30. The van der Waals surface area contributed by atoms with Gasteiger partial charge in [-0.15, -0.1) is 0 Å². The molecule has 1 saturated carbocycles. The molecule has 0 saturated heterocycles. The standard InChI is InChI=1S/C13H23N5/c1-2-11(10-6-4-3-5-7-10)17-12-8-13(18-14)16-9-15-12/h8-11H,2-7,14H2,1H3,(H2,15,16,17,18). The highest BCUT2D eigenvalue weighted by Crippen LogP contribution is 2.29. The lowest BCUT2D eigenvalue weighted by molar-refractivity contribution is 0.312. The Kier molecular flexibility index (Phi) is 4.75. The fourth-order valence-corrected chi connectivity index (χ4v) is 2.79. The number of aromatic nitrogens is 2. The number of nitrogens with two attached hydrogens (primary N) is 1. The summed E-state index contributed by atoms with van der Waals surface area (Å²) in [6.07, 6.45) is 9.44. The molecule has 100 valence electrons. The quantitative estimate of drug-likeness (QED) is 0.552. The SMILES string of the molecule is CCC(Nc1cc(NN)ncn1)C1CCCCC1. The maximum Gasteiger partial charge on any atom is 0.145 e. The first-order valence-electron chi connectivity index (χ1n) is 6.88. The number of hydrogen-bond donors (Lipinski definition) is 3. The van der Waals surface area contributed by atoms with E-state index in [0.29, 0.717) is 11.9 Å². The third kappa shape index (κ3) is 3.32. The second-order valence-electron chi connectivity index (χ2n) is 4.99. The molecular weight excluding hydrogens is 226 g/mol. The van der Waals surface area contributed by atoms with Gasteiger partial charge < -0.3 is 10.7 Å². The first kappa shape index (κ1) is 13.1. The van der Waals surface area contributed by atoms with Gasteiger partial charge in [-0.05, 0) is 25.2 Å². The summed E-state index contributed by atoms with van der Waals surface area (Å²) in [5, 5.41) is 3.53. The largest absolute Gasteiger partial charge is 0.367 e. The normalized spacial score (nSPS) is 18.3. The van der Waals surface area contributed by atoms with Crippen LogP contribution in [-0.4, -0.2) is 16.0 Å². The summed E-state index contributed by atoms with van der Waals surface area (Å²) in [6, 6.07) is 2.36. The summed E-state index contributed by atoms with van der Waals surface area (Å²) in [6.45, 7) is 2.23. The summed E-state index contributed by atoms with van der Waals surface area (Å²) < 4.78 is 0. The van der Waals surface area contributed by atoms with Crippen LogP contribution < -0.4 is 16.6 Å². The maximum atomic E-state index is 5.36. The van der Waals surface area contributed by atoms with Gasteiger partial charge >= 0.3 is 0 Å². The molecule has 5 nitrogen and oxygen atoms in total. The Hall–Kier alpha value is -1.36. The Labute approximate surface area is 109 Å². The molecule has 1 aliphatic carbocycles. The van der Waals surface area contributed by atoms with E-state index < -0.39 is 0 Å². The van der Waals surface area contributed by atoms with Crippen molar-refractivity contribution in [2.75, 3.05) is 10.7 Å². The highest BCUT2D eigenvalue weighted by molar-refractivity contribution is 5.46. The highest BCUT2D eigenvalue weighted by atomic mass is 15.3. The van der Waals surface area contributed by atoms with Crippen LogP contribution >= 0.6 is 0 Å². The van der Waals surface area contributed by atoms with Crippen molar-refractivity contribution in [1.82, 2.24) is 9.97 Å². The van der Waals surface area contributed by atoms with Crippen LogP contribution in [0.25, 0.3) is 0 Å². The molecule has 1 aromatic rings. The predicted octanol–water partition coefficient (Wildman–Crippen LogP) is 2.53. The van der Waals surface area contributed by atoms with Crippen LogP contribution in [0, 0.1) is 5.92 Å². The molecule has 1 aromatic heterocycles. The Morgan fingerprint density at radius 3 is 2.67 bits per heavy atom. The Bertz CT molecular complexity index is 362. The van der Waals surface area contributed by atoms with Gasteiger partial charge in [0.15, 0.2) is 0 Å². The minimum absolute atomic E-state index is 0.505. The van der Waals surface area contributed by atoms with Crippen LogP contribution in [0.2, 0.25) is 0 Å². The van der Waals surface area contributed by atoms with E-state index in [2.05, 4.69) is 27.6 Å². The maximum absolute atomic E-state index is 5.36. The molecule has 4 N–H and O–H groups in total. The zero-order valence-electron chi connectivity index (χ0n) is 11.0. The average molecular weight is 249 g/mol. The summed E-state index contributed by atoms with van der Waals surface area (Å²) >= 11 is 0. The molecule has 1 heterocycles. The first-order chi connectivity index (χ1) is 8.83. The van der Waals surface area contributed by atoms with Crippen molar-refractivity contribution in [2.45, 2.75) is 51.5 Å². The van der Waals surface area contributed by atoms with Gasteiger partial charge in [-0.2, -0.15) is 0 Å². The van der Waals surface area contributed by atoms with E-state index in [-0.39, 0.29) is 0 Å². The van der Waals surface area contributed by atoms with Crippen molar-refractivity contribution >= 4 is 11.6 Å². The molecule has 0 radical (unpaired) electrons. The molecule has 0 bridgehead atoms. The second kappa shape index (κ2) is 6.54. The summed E-state index contributed by atoms with van der Waals surface area (Å²) in [5.41, 5.74) is 2.55. The Morgan fingerprint density at radius 1 is 1.28 bits per heavy atom. The van der Waals surface area contributed by atoms with E-state index in [4.69, 9.17) is 5.84 Å². The van der Waals surface area contributed by atoms with Crippen molar-refractivity contribution in [1.29, 1.82) is 0 Å². The zero-order chi connectivity index (χ0) is 12.8. The number of nitrogen functional groups attached to an aromatic ring is 1. The number of nitrogens with zero attached hydrogens (tertiary/aromatic N) is 2. The Morgan fingerprint density at radius 2 is 2.00 bits per heavy atom. The minimum Gasteiger partial charge on any atom is -0.367 e. The van der Waals surface area contributed by atoms with E-state index in [9.17, 15) is 0 Å². The molecule has 1 atom stereocenters. The third-order valence-electron chi connectivity index (χ3n) is 3.81. The molecule has 0 amide bonds. The molecule has 0 spiro atoms. The van der Waals surface area contributed by atoms with Crippen molar-refractivity contribution < 1.29 is 0 Å². The number of rotatable bonds is 5. The molecule has 1 unspecified atom stereocenters. The molecule has 1 aliphatic rings. The van der Waals surface area contributed by atoms with Crippen LogP contribution in [0.3, 0.4) is 0 Å². The monoisotopic (exact) mass is 249 g/mol. The highest BCUT2D eigenvalue weighted by Gasteiger charge is 2.22. The average Bonchev–Trinajstić information content (AvgIpc) is 2.46. The minimum atomic E-state index is 0.505. The van der Waals surface area contributed by atoms with E-state index in [0.717, 1.165) is 18.2 Å². The zero-order valence-corrected chi connectivity index (χ0v) is 11.0. The van der Waals surface area contributed by atoms with Gasteiger partial charge in [-0.1, -0.05) is 26.2 Å². The van der Waals surface area contributed by atoms with Gasteiger partial charge in [0.2, 0.25) is 0 Å². The van der Waals surface area contributed by atoms with E-state index in [1.807, 2.05) is 6.07 Å². The summed E-state index contributed by atoms with van der Waals surface area (Å²) in [7, 11) is 0. The van der Waals surface area contributed by atoms with E-state index in [1.165, 1.54) is 38.4 Å². The fraction of sp³-hybridized carbons (Fsp3) is 0.692. The van der Waals surface area contributed by atoms with Crippen LogP contribution in [0.5, 0.6) is 0 Å². The van der Waals surface area contributed by atoms with Gasteiger partial charge in [-0.25, -0.2) is 15.8 Å². The van der Waals surface area contributed by atoms with Crippen LogP contribution in [0.4, 0.5) is 11.6 Å².